The molecule has 0 atom stereocenters. The first-order valence-corrected chi connectivity index (χ1v) is 5.39. The fourth-order valence-corrected chi connectivity index (χ4v) is 2.26. The summed E-state index contributed by atoms with van der Waals surface area (Å²) in [6.07, 6.45) is 1.46. The van der Waals surface area contributed by atoms with E-state index in [9.17, 15) is 8.78 Å². The second-order valence-electron chi connectivity index (χ2n) is 4.11. The highest BCUT2D eigenvalue weighted by molar-refractivity contribution is 5.25. The maximum Gasteiger partial charge on any atom is 0.126 e. The van der Waals surface area contributed by atoms with Crippen molar-refractivity contribution >= 4 is 0 Å². The number of halogens is 2. The Kier molecular flexibility index (Phi) is 3.21. The van der Waals surface area contributed by atoms with E-state index in [1.165, 1.54) is 12.1 Å². The number of hydrogen-bond donors (Lipinski definition) is 1. The molecule has 0 aliphatic carbocycles. The Morgan fingerprint density at radius 2 is 1.69 bits per heavy atom. The van der Waals surface area contributed by atoms with Crippen LogP contribution in [-0.2, 0) is 10.3 Å². The molecule has 88 valence electrons. The van der Waals surface area contributed by atoms with Crippen LogP contribution >= 0.6 is 0 Å². The Morgan fingerprint density at radius 1 is 1.12 bits per heavy atom. The van der Waals surface area contributed by atoms with Gasteiger partial charge in [-0.15, -0.1) is 0 Å². The van der Waals surface area contributed by atoms with Gasteiger partial charge in [-0.3, -0.25) is 0 Å². The molecule has 1 saturated heterocycles. The molecule has 0 aromatic heterocycles. The van der Waals surface area contributed by atoms with Gasteiger partial charge in [-0.05, 0) is 43.6 Å². The van der Waals surface area contributed by atoms with Gasteiger partial charge in [-0.1, -0.05) is 0 Å². The van der Waals surface area contributed by atoms with E-state index in [0.29, 0.717) is 5.56 Å². The van der Waals surface area contributed by atoms with Crippen molar-refractivity contribution < 1.29 is 13.5 Å². The van der Waals surface area contributed by atoms with Crippen molar-refractivity contribution in [3.8, 4) is 0 Å². The van der Waals surface area contributed by atoms with Gasteiger partial charge in [0.1, 0.15) is 11.6 Å². The van der Waals surface area contributed by atoms with Crippen molar-refractivity contribution in [2.45, 2.75) is 18.4 Å². The van der Waals surface area contributed by atoms with Crippen LogP contribution < -0.4 is 5.32 Å². The summed E-state index contributed by atoms with van der Waals surface area (Å²) < 4.78 is 31.9. The van der Waals surface area contributed by atoms with Crippen LogP contribution in [0.15, 0.2) is 18.2 Å². The summed E-state index contributed by atoms with van der Waals surface area (Å²) in [6, 6.07) is 3.60. The standard InChI is InChI=1S/C12H15F2NO/c1-16-12(2-4-15-5-3-12)9-6-10(13)8-11(14)7-9/h6-8,15H,2-5H2,1H3. The maximum absolute atomic E-state index is 13.2. The Hall–Kier alpha value is -1.00. The summed E-state index contributed by atoms with van der Waals surface area (Å²) in [7, 11) is 1.59. The molecule has 0 radical (unpaired) electrons. The molecule has 0 bridgehead atoms. The lowest BCUT2D eigenvalue weighted by Crippen LogP contribution is -2.41. The molecule has 1 N–H and O–H groups in total. The predicted molar refractivity (Wildman–Crippen MR) is 57.1 cm³/mol. The van der Waals surface area contributed by atoms with Crippen LogP contribution in [0, 0.1) is 11.6 Å². The lowest BCUT2D eigenvalue weighted by atomic mass is 9.84. The van der Waals surface area contributed by atoms with Gasteiger partial charge < -0.3 is 10.1 Å². The second kappa shape index (κ2) is 4.47. The molecule has 2 rings (SSSR count). The van der Waals surface area contributed by atoms with Crippen molar-refractivity contribution in [3.05, 3.63) is 35.4 Å². The molecule has 1 aliphatic rings. The van der Waals surface area contributed by atoms with Crippen molar-refractivity contribution in [2.24, 2.45) is 0 Å². The minimum absolute atomic E-state index is 0.547. The fourth-order valence-electron chi connectivity index (χ4n) is 2.26. The number of hydrogen-bond acceptors (Lipinski definition) is 2. The Morgan fingerprint density at radius 3 is 2.19 bits per heavy atom. The van der Waals surface area contributed by atoms with E-state index in [0.717, 1.165) is 32.0 Å². The molecule has 0 unspecified atom stereocenters. The van der Waals surface area contributed by atoms with E-state index in [1.807, 2.05) is 0 Å². The second-order valence-corrected chi connectivity index (χ2v) is 4.11. The van der Waals surface area contributed by atoms with Crippen LogP contribution in [0.4, 0.5) is 8.78 Å². The third-order valence-corrected chi connectivity index (χ3v) is 3.19. The predicted octanol–water partition coefficient (Wildman–Crippen LogP) is 2.19. The smallest absolute Gasteiger partial charge is 0.126 e. The van der Waals surface area contributed by atoms with Gasteiger partial charge >= 0.3 is 0 Å². The molecule has 16 heavy (non-hydrogen) atoms. The number of methoxy groups -OCH3 is 1. The summed E-state index contributed by atoms with van der Waals surface area (Å²) >= 11 is 0. The van der Waals surface area contributed by atoms with Gasteiger partial charge in [-0.25, -0.2) is 8.78 Å². The Bertz CT molecular complexity index is 355. The van der Waals surface area contributed by atoms with Gasteiger partial charge in [-0.2, -0.15) is 0 Å². The minimum Gasteiger partial charge on any atom is -0.373 e. The first kappa shape index (κ1) is 11.5. The summed E-state index contributed by atoms with van der Waals surface area (Å²) in [5, 5.41) is 3.21. The van der Waals surface area contributed by atoms with Crippen LogP contribution in [0.5, 0.6) is 0 Å². The normalized spacial score (nSPS) is 19.7. The molecule has 4 heteroatoms. The molecule has 1 aromatic rings. The molecular formula is C12H15F2NO. The number of piperidine rings is 1. The number of benzene rings is 1. The van der Waals surface area contributed by atoms with Gasteiger partial charge in [0.05, 0.1) is 5.60 Å². The SMILES string of the molecule is COC1(c2cc(F)cc(F)c2)CCNCC1. The van der Waals surface area contributed by atoms with Crippen molar-refractivity contribution in [3.63, 3.8) is 0 Å². The molecule has 0 amide bonds. The van der Waals surface area contributed by atoms with Crippen molar-refractivity contribution in [2.75, 3.05) is 20.2 Å². The van der Waals surface area contributed by atoms with Gasteiger partial charge in [0, 0.05) is 13.2 Å². The lowest BCUT2D eigenvalue weighted by Gasteiger charge is -2.36. The average Bonchev–Trinajstić information content (AvgIpc) is 2.28. The monoisotopic (exact) mass is 227 g/mol. The molecular weight excluding hydrogens is 212 g/mol. The summed E-state index contributed by atoms with van der Waals surface area (Å²) in [5.41, 5.74) is 0.0442. The zero-order chi connectivity index (χ0) is 11.6. The van der Waals surface area contributed by atoms with Crippen molar-refractivity contribution in [1.29, 1.82) is 0 Å². The van der Waals surface area contributed by atoms with E-state index in [4.69, 9.17) is 4.74 Å². The highest BCUT2D eigenvalue weighted by Gasteiger charge is 2.34. The first-order valence-electron chi connectivity index (χ1n) is 5.39. The molecule has 0 saturated carbocycles. The van der Waals surface area contributed by atoms with E-state index < -0.39 is 17.2 Å². The van der Waals surface area contributed by atoms with E-state index in [1.54, 1.807) is 7.11 Å². The van der Waals surface area contributed by atoms with E-state index >= 15 is 0 Å². The van der Waals surface area contributed by atoms with Crippen LogP contribution in [0.2, 0.25) is 0 Å². The maximum atomic E-state index is 13.2. The third kappa shape index (κ3) is 2.08. The van der Waals surface area contributed by atoms with E-state index in [2.05, 4.69) is 5.32 Å². The van der Waals surface area contributed by atoms with Crippen LogP contribution in [0.3, 0.4) is 0 Å². The third-order valence-electron chi connectivity index (χ3n) is 3.19. The number of rotatable bonds is 2. The minimum atomic E-state index is -0.551. The van der Waals surface area contributed by atoms with Crippen molar-refractivity contribution in [1.82, 2.24) is 5.32 Å². The van der Waals surface area contributed by atoms with Crippen LogP contribution in [0.25, 0.3) is 0 Å². The molecule has 0 spiro atoms. The van der Waals surface area contributed by atoms with Crippen LogP contribution in [0.1, 0.15) is 18.4 Å². The summed E-state index contributed by atoms with van der Waals surface area (Å²) in [6.45, 7) is 1.60. The van der Waals surface area contributed by atoms with Gasteiger partial charge in [0.25, 0.3) is 0 Å². The zero-order valence-electron chi connectivity index (χ0n) is 9.22. The highest BCUT2D eigenvalue weighted by atomic mass is 19.1. The molecule has 1 aromatic carbocycles. The molecule has 1 aliphatic heterocycles. The molecule has 1 heterocycles. The topological polar surface area (TPSA) is 21.3 Å². The largest absolute Gasteiger partial charge is 0.373 e. The van der Waals surface area contributed by atoms with Gasteiger partial charge in [0.15, 0.2) is 0 Å². The lowest BCUT2D eigenvalue weighted by molar-refractivity contribution is -0.0395. The number of nitrogens with one attached hydrogen (secondary N) is 1. The average molecular weight is 227 g/mol. The van der Waals surface area contributed by atoms with Gasteiger partial charge in [0.2, 0.25) is 0 Å². The summed E-state index contributed by atoms with van der Waals surface area (Å²) in [4.78, 5) is 0. The molecule has 2 nitrogen and oxygen atoms in total. The summed E-state index contributed by atoms with van der Waals surface area (Å²) in [5.74, 6) is -1.10. The fraction of sp³-hybridized carbons (Fsp3) is 0.500. The van der Waals surface area contributed by atoms with E-state index in [-0.39, 0.29) is 0 Å². The number of ether oxygens (including phenoxy) is 1. The Labute approximate surface area is 93.6 Å². The quantitative estimate of drug-likeness (QED) is 0.836. The first-order chi connectivity index (χ1) is 7.66. The zero-order valence-corrected chi connectivity index (χ0v) is 9.22. The van der Waals surface area contributed by atoms with Crippen LogP contribution in [-0.4, -0.2) is 20.2 Å². The Balaban J connectivity index is 2.38. The highest BCUT2D eigenvalue weighted by Crippen LogP contribution is 2.34. The molecule has 1 fully saturated rings.